The molecule has 0 saturated carbocycles. The molecule has 1 aliphatic rings. The number of morpholine rings is 1. The second kappa shape index (κ2) is 10.9. The number of halogens is 1. The van der Waals surface area contributed by atoms with E-state index in [2.05, 4.69) is 13.0 Å². The number of rotatable bonds is 7. The Labute approximate surface area is 206 Å². The minimum atomic E-state index is -1.55. The standard InChI is InChI=1S/C27H34ClNO5/c1-5-19-9-6-10-20(17-19)24-21(11-7-12-22(24)28)27(32,13-8-15-30)23-18-29(14-16-33-23)25(31)34-26(2,3)4/h6-7,9-12,15,17,23,32H,5,8,13-14,16,18H2,1-4H3/t23?,27-/m0/s1. The maximum Gasteiger partial charge on any atom is 0.410 e. The van der Waals surface area contributed by atoms with Gasteiger partial charge in [-0.1, -0.05) is 54.9 Å². The van der Waals surface area contributed by atoms with Gasteiger partial charge in [-0.15, -0.1) is 0 Å². The van der Waals surface area contributed by atoms with Crippen molar-refractivity contribution in [2.24, 2.45) is 0 Å². The molecule has 1 unspecified atom stereocenters. The molecule has 0 spiro atoms. The van der Waals surface area contributed by atoms with Crippen molar-refractivity contribution in [1.82, 2.24) is 4.90 Å². The molecular weight excluding hydrogens is 454 g/mol. The van der Waals surface area contributed by atoms with E-state index in [0.29, 0.717) is 22.7 Å². The zero-order chi connectivity index (χ0) is 24.9. The summed E-state index contributed by atoms with van der Waals surface area (Å²) in [5, 5.41) is 12.6. The summed E-state index contributed by atoms with van der Waals surface area (Å²) in [5.41, 5.74) is 1.11. The van der Waals surface area contributed by atoms with Crippen LogP contribution in [0.1, 0.15) is 51.7 Å². The lowest BCUT2D eigenvalue weighted by atomic mass is 9.79. The minimum absolute atomic E-state index is 0.129. The SMILES string of the molecule is CCc1cccc(-c2c(Cl)cccc2[C@@](O)(CCC=O)C2CN(C(=O)OC(C)(C)C)CCO2)c1. The Morgan fingerprint density at radius 3 is 2.68 bits per heavy atom. The predicted molar refractivity (Wildman–Crippen MR) is 133 cm³/mol. The van der Waals surface area contributed by atoms with Crippen LogP contribution >= 0.6 is 11.6 Å². The van der Waals surface area contributed by atoms with E-state index in [1.807, 2.05) is 45.0 Å². The van der Waals surface area contributed by atoms with Crippen LogP contribution in [0.5, 0.6) is 0 Å². The normalized spacial score (nSPS) is 18.3. The molecule has 1 aliphatic heterocycles. The van der Waals surface area contributed by atoms with Crippen LogP contribution in [0.4, 0.5) is 4.79 Å². The van der Waals surface area contributed by atoms with Crippen molar-refractivity contribution < 1.29 is 24.2 Å². The summed E-state index contributed by atoms with van der Waals surface area (Å²) in [4.78, 5) is 25.6. The van der Waals surface area contributed by atoms with Gasteiger partial charge in [-0.05, 0) is 56.4 Å². The van der Waals surface area contributed by atoms with Gasteiger partial charge >= 0.3 is 6.09 Å². The van der Waals surface area contributed by atoms with E-state index < -0.39 is 23.4 Å². The molecule has 1 saturated heterocycles. The quantitative estimate of drug-likeness (QED) is 0.531. The number of carbonyl (C=O) groups excluding carboxylic acids is 2. The third-order valence-electron chi connectivity index (χ3n) is 6.00. The average molecular weight is 488 g/mol. The molecule has 1 heterocycles. The lowest BCUT2D eigenvalue weighted by molar-refractivity contribution is -0.151. The number of aryl methyl sites for hydroxylation is 1. The Morgan fingerprint density at radius 2 is 2.00 bits per heavy atom. The highest BCUT2D eigenvalue weighted by Gasteiger charge is 2.44. The topological polar surface area (TPSA) is 76.1 Å². The highest BCUT2D eigenvalue weighted by Crippen LogP contribution is 2.42. The van der Waals surface area contributed by atoms with Crippen molar-refractivity contribution in [2.45, 2.75) is 64.3 Å². The smallest absolute Gasteiger partial charge is 0.410 e. The van der Waals surface area contributed by atoms with Gasteiger partial charge in [-0.3, -0.25) is 0 Å². The summed E-state index contributed by atoms with van der Waals surface area (Å²) in [5.74, 6) is 0. The number of benzene rings is 2. The fourth-order valence-electron chi connectivity index (χ4n) is 4.30. The van der Waals surface area contributed by atoms with Gasteiger partial charge in [0.15, 0.2) is 0 Å². The number of nitrogens with zero attached hydrogens (tertiary/aromatic N) is 1. The van der Waals surface area contributed by atoms with Crippen LogP contribution in [0, 0.1) is 0 Å². The molecular formula is C27H34ClNO5. The van der Waals surface area contributed by atoms with Gasteiger partial charge in [0.1, 0.15) is 23.6 Å². The van der Waals surface area contributed by atoms with Crippen LogP contribution in [0.15, 0.2) is 42.5 Å². The molecule has 2 aromatic carbocycles. The molecule has 184 valence electrons. The van der Waals surface area contributed by atoms with Crippen LogP contribution in [-0.2, 0) is 26.3 Å². The van der Waals surface area contributed by atoms with Crippen molar-refractivity contribution in [2.75, 3.05) is 19.7 Å². The summed E-state index contributed by atoms with van der Waals surface area (Å²) in [6.45, 7) is 8.24. The highest BCUT2D eigenvalue weighted by atomic mass is 35.5. The van der Waals surface area contributed by atoms with E-state index in [-0.39, 0.29) is 26.0 Å². The molecule has 0 aliphatic carbocycles. The van der Waals surface area contributed by atoms with E-state index in [4.69, 9.17) is 21.1 Å². The second-order valence-electron chi connectivity index (χ2n) is 9.63. The fraction of sp³-hybridized carbons (Fsp3) is 0.481. The fourth-order valence-corrected chi connectivity index (χ4v) is 4.59. The van der Waals surface area contributed by atoms with Gasteiger partial charge in [0.05, 0.1) is 13.2 Å². The molecule has 3 rings (SSSR count). The summed E-state index contributed by atoms with van der Waals surface area (Å²) in [7, 11) is 0. The van der Waals surface area contributed by atoms with Crippen molar-refractivity contribution in [3.63, 3.8) is 0 Å². The van der Waals surface area contributed by atoms with Crippen molar-refractivity contribution in [3.05, 3.63) is 58.6 Å². The second-order valence-corrected chi connectivity index (χ2v) is 10.0. The number of hydrogen-bond donors (Lipinski definition) is 1. The predicted octanol–water partition coefficient (Wildman–Crippen LogP) is 5.37. The van der Waals surface area contributed by atoms with Gasteiger partial charge in [0, 0.05) is 23.6 Å². The Bertz CT molecular complexity index is 1020. The molecule has 6 nitrogen and oxygen atoms in total. The number of ether oxygens (including phenoxy) is 2. The monoisotopic (exact) mass is 487 g/mol. The molecule has 0 aromatic heterocycles. The lowest BCUT2D eigenvalue weighted by Crippen LogP contribution is -2.55. The zero-order valence-electron chi connectivity index (χ0n) is 20.3. The molecule has 0 bridgehead atoms. The third-order valence-corrected chi connectivity index (χ3v) is 6.31. The van der Waals surface area contributed by atoms with E-state index in [1.165, 1.54) is 0 Å². The zero-order valence-corrected chi connectivity index (χ0v) is 21.1. The Morgan fingerprint density at radius 1 is 1.26 bits per heavy atom. The van der Waals surface area contributed by atoms with E-state index in [0.717, 1.165) is 23.8 Å². The molecule has 7 heteroatoms. The molecule has 1 N–H and O–H groups in total. The first-order valence-electron chi connectivity index (χ1n) is 11.7. The minimum Gasteiger partial charge on any atom is -0.444 e. The number of aldehydes is 1. The van der Waals surface area contributed by atoms with Crippen LogP contribution in [-0.4, -0.2) is 53.8 Å². The molecule has 1 fully saturated rings. The van der Waals surface area contributed by atoms with E-state index in [1.54, 1.807) is 17.0 Å². The molecule has 1 amide bonds. The van der Waals surface area contributed by atoms with Crippen LogP contribution in [0.2, 0.25) is 5.02 Å². The molecule has 2 aromatic rings. The van der Waals surface area contributed by atoms with Gasteiger partial charge in [0.2, 0.25) is 0 Å². The first-order valence-corrected chi connectivity index (χ1v) is 12.1. The highest BCUT2D eigenvalue weighted by molar-refractivity contribution is 6.33. The third kappa shape index (κ3) is 5.98. The Hall–Kier alpha value is -2.41. The van der Waals surface area contributed by atoms with Crippen molar-refractivity contribution in [3.8, 4) is 11.1 Å². The van der Waals surface area contributed by atoms with Crippen LogP contribution < -0.4 is 0 Å². The largest absolute Gasteiger partial charge is 0.444 e. The number of aliphatic hydroxyl groups is 1. The lowest BCUT2D eigenvalue weighted by Gasteiger charge is -2.43. The summed E-state index contributed by atoms with van der Waals surface area (Å²) < 4.78 is 11.6. The molecule has 0 radical (unpaired) electrons. The summed E-state index contributed by atoms with van der Waals surface area (Å²) in [6.07, 6.45) is 0.676. The number of amides is 1. The van der Waals surface area contributed by atoms with Crippen molar-refractivity contribution in [1.29, 1.82) is 0 Å². The maximum absolute atomic E-state index is 12.7. The van der Waals surface area contributed by atoms with Crippen LogP contribution in [0.3, 0.4) is 0 Å². The van der Waals surface area contributed by atoms with Gasteiger partial charge in [-0.25, -0.2) is 4.79 Å². The van der Waals surface area contributed by atoms with E-state index in [9.17, 15) is 14.7 Å². The number of hydrogen-bond acceptors (Lipinski definition) is 5. The summed E-state index contributed by atoms with van der Waals surface area (Å²) in [6, 6.07) is 13.4. The maximum atomic E-state index is 12.7. The summed E-state index contributed by atoms with van der Waals surface area (Å²) >= 11 is 6.68. The van der Waals surface area contributed by atoms with Gasteiger partial charge in [-0.2, -0.15) is 0 Å². The average Bonchev–Trinajstić information content (AvgIpc) is 2.81. The van der Waals surface area contributed by atoms with Crippen LogP contribution in [0.25, 0.3) is 11.1 Å². The first-order chi connectivity index (χ1) is 16.1. The first kappa shape index (κ1) is 26.2. The molecule has 34 heavy (non-hydrogen) atoms. The van der Waals surface area contributed by atoms with Gasteiger partial charge in [0.25, 0.3) is 0 Å². The van der Waals surface area contributed by atoms with Crippen molar-refractivity contribution >= 4 is 24.0 Å². The molecule has 2 atom stereocenters. The number of carbonyl (C=O) groups is 2. The Kier molecular flexibility index (Phi) is 8.39. The Balaban J connectivity index is 2.05. The van der Waals surface area contributed by atoms with E-state index >= 15 is 0 Å². The van der Waals surface area contributed by atoms with Gasteiger partial charge < -0.3 is 24.3 Å².